The minimum absolute atomic E-state index is 0.165. The zero-order valence-corrected chi connectivity index (χ0v) is 9.81. The number of likely N-dealkylation sites (N-methyl/N-ethyl adjacent to an activating group) is 1. The highest BCUT2D eigenvalue weighted by Gasteiger charge is 2.27. The van der Waals surface area contributed by atoms with Gasteiger partial charge < -0.3 is 5.32 Å². The monoisotopic (exact) mass is 220 g/mol. The Morgan fingerprint density at radius 1 is 1.43 bits per heavy atom. The average Bonchev–Trinajstić information content (AvgIpc) is 2.20. The van der Waals surface area contributed by atoms with E-state index in [0.717, 1.165) is 25.9 Å². The highest BCUT2D eigenvalue weighted by Crippen LogP contribution is 2.14. The Bertz CT molecular complexity index is 258. The third kappa shape index (κ3) is 2.68. The Morgan fingerprint density at radius 2 is 2.14 bits per heavy atom. The molecule has 1 aliphatic heterocycles. The topological polar surface area (TPSA) is 49.4 Å². The summed E-state index contributed by atoms with van der Waals surface area (Å²) in [5.74, 6) is 0.206. The summed E-state index contributed by atoms with van der Waals surface area (Å²) in [6.07, 6.45) is 2.06. The number of nitrogens with one attached hydrogen (secondary N) is 1. The molecule has 1 fully saturated rings. The van der Waals surface area contributed by atoms with Gasteiger partial charge in [0.05, 0.1) is 5.75 Å². The van der Waals surface area contributed by atoms with E-state index in [4.69, 9.17) is 0 Å². The lowest BCUT2D eigenvalue weighted by Gasteiger charge is -2.32. The molecule has 0 radical (unpaired) electrons. The van der Waals surface area contributed by atoms with Crippen LogP contribution < -0.4 is 5.32 Å². The van der Waals surface area contributed by atoms with Crippen LogP contribution in [0.5, 0.6) is 0 Å². The van der Waals surface area contributed by atoms with Crippen LogP contribution in [0.3, 0.4) is 0 Å². The fourth-order valence-corrected chi connectivity index (χ4v) is 3.29. The molecule has 0 aromatic carbocycles. The lowest BCUT2D eigenvalue weighted by molar-refractivity contribution is 0.275. The number of hydrogen-bond donors (Lipinski definition) is 1. The molecule has 4 nitrogen and oxygen atoms in total. The lowest BCUT2D eigenvalue weighted by Crippen LogP contribution is -2.48. The van der Waals surface area contributed by atoms with E-state index in [2.05, 4.69) is 5.32 Å². The Kier molecular flexibility index (Phi) is 4.34. The van der Waals surface area contributed by atoms with Gasteiger partial charge in [0.15, 0.2) is 0 Å². The summed E-state index contributed by atoms with van der Waals surface area (Å²) in [6, 6.07) is 0.165. The molecule has 1 rings (SSSR count). The Morgan fingerprint density at radius 3 is 2.57 bits per heavy atom. The molecule has 0 aromatic rings. The molecule has 5 heteroatoms. The highest BCUT2D eigenvalue weighted by atomic mass is 32.2. The maximum absolute atomic E-state index is 11.7. The molecule has 0 bridgehead atoms. The molecular weight excluding hydrogens is 200 g/mol. The van der Waals surface area contributed by atoms with Gasteiger partial charge in [-0.1, -0.05) is 6.92 Å². The zero-order chi connectivity index (χ0) is 10.6. The summed E-state index contributed by atoms with van der Waals surface area (Å²) >= 11 is 0. The zero-order valence-electron chi connectivity index (χ0n) is 8.99. The van der Waals surface area contributed by atoms with Gasteiger partial charge >= 0.3 is 0 Å². The van der Waals surface area contributed by atoms with Gasteiger partial charge in [0.1, 0.15) is 0 Å². The van der Waals surface area contributed by atoms with Crippen LogP contribution in [-0.4, -0.2) is 44.2 Å². The van der Waals surface area contributed by atoms with Crippen molar-refractivity contribution in [2.75, 3.05) is 25.4 Å². The summed E-state index contributed by atoms with van der Waals surface area (Å²) in [6.45, 7) is 6.01. The van der Waals surface area contributed by atoms with Crippen molar-refractivity contribution in [1.82, 2.24) is 9.62 Å². The van der Waals surface area contributed by atoms with Gasteiger partial charge in [-0.25, -0.2) is 8.42 Å². The summed E-state index contributed by atoms with van der Waals surface area (Å²) in [7, 11) is -3.02. The highest BCUT2D eigenvalue weighted by molar-refractivity contribution is 7.89. The first-order valence-electron chi connectivity index (χ1n) is 5.32. The van der Waals surface area contributed by atoms with Gasteiger partial charge in [-0.05, 0) is 26.3 Å². The average molecular weight is 220 g/mol. The van der Waals surface area contributed by atoms with Crippen LogP contribution in [-0.2, 0) is 10.0 Å². The van der Waals surface area contributed by atoms with Crippen LogP contribution in [0.25, 0.3) is 0 Å². The van der Waals surface area contributed by atoms with Crippen molar-refractivity contribution in [3.63, 3.8) is 0 Å². The molecule has 1 N–H and O–H groups in total. The largest absolute Gasteiger partial charge is 0.315 e. The third-order valence-corrected chi connectivity index (χ3v) is 4.71. The molecule has 0 aromatic heterocycles. The molecule has 1 atom stereocenters. The summed E-state index contributed by atoms with van der Waals surface area (Å²) in [4.78, 5) is 0. The van der Waals surface area contributed by atoms with Crippen molar-refractivity contribution in [2.45, 2.75) is 32.7 Å². The molecule has 0 amide bonds. The van der Waals surface area contributed by atoms with Crippen LogP contribution in [0, 0.1) is 0 Å². The van der Waals surface area contributed by atoms with Crippen LogP contribution >= 0.6 is 0 Å². The second-order valence-corrected chi connectivity index (χ2v) is 5.81. The van der Waals surface area contributed by atoms with Crippen LogP contribution in [0.1, 0.15) is 26.7 Å². The minimum Gasteiger partial charge on any atom is -0.315 e. The van der Waals surface area contributed by atoms with Gasteiger partial charge in [0.2, 0.25) is 10.0 Å². The maximum Gasteiger partial charge on any atom is 0.214 e. The van der Waals surface area contributed by atoms with Crippen molar-refractivity contribution in [3.05, 3.63) is 0 Å². The van der Waals surface area contributed by atoms with Gasteiger partial charge in [-0.3, -0.25) is 0 Å². The Hall–Kier alpha value is -0.130. The van der Waals surface area contributed by atoms with Gasteiger partial charge in [-0.15, -0.1) is 0 Å². The minimum atomic E-state index is -3.02. The summed E-state index contributed by atoms with van der Waals surface area (Å²) < 4.78 is 25.1. The van der Waals surface area contributed by atoms with E-state index in [1.54, 1.807) is 11.2 Å². The standard InChI is InChI=1S/C9H20N2O2S/c1-3-11(14(12,13)4-2)9-6-5-7-10-8-9/h9-10H,3-8H2,1-2H3. The van der Waals surface area contributed by atoms with Crippen molar-refractivity contribution in [2.24, 2.45) is 0 Å². The second-order valence-electron chi connectivity index (χ2n) is 3.60. The SMILES string of the molecule is CCN(C1CCCNC1)S(=O)(=O)CC. The predicted molar refractivity (Wildman–Crippen MR) is 57.7 cm³/mol. The predicted octanol–water partition coefficient (Wildman–Crippen LogP) is 0.410. The molecule has 14 heavy (non-hydrogen) atoms. The molecule has 1 unspecified atom stereocenters. The number of sulfonamides is 1. The van der Waals surface area contributed by atoms with E-state index in [0.29, 0.717) is 6.54 Å². The molecule has 0 aliphatic carbocycles. The molecule has 0 saturated carbocycles. The molecule has 84 valence electrons. The molecular formula is C9H20N2O2S. The van der Waals surface area contributed by atoms with E-state index in [1.807, 2.05) is 6.92 Å². The maximum atomic E-state index is 11.7. The van der Waals surface area contributed by atoms with E-state index in [1.165, 1.54) is 0 Å². The van der Waals surface area contributed by atoms with Crippen LogP contribution in [0.15, 0.2) is 0 Å². The quantitative estimate of drug-likeness (QED) is 0.746. The summed E-state index contributed by atoms with van der Waals surface area (Å²) in [5, 5.41) is 3.24. The molecule has 1 heterocycles. The van der Waals surface area contributed by atoms with Crippen molar-refractivity contribution in [3.8, 4) is 0 Å². The van der Waals surface area contributed by atoms with Gasteiger partial charge in [0, 0.05) is 19.1 Å². The number of rotatable bonds is 4. The van der Waals surface area contributed by atoms with Gasteiger partial charge in [-0.2, -0.15) is 4.31 Å². The Labute approximate surface area is 86.7 Å². The van der Waals surface area contributed by atoms with Crippen molar-refractivity contribution in [1.29, 1.82) is 0 Å². The second kappa shape index (κ2) is 5.09. The van der Waals surface area contributed by atoms with Crippen molar-refractivity contribution < 1.29 is 8.42 Å². The first-order valence-corrected chi connectivity index (χ1v) is 6.93. The smallest absolute Gasteiger partial charge is 0.214 e. The number of hydrogen-bond acceptors (Lipinski definition) is 3. The first kappa shape index (κ1) is 11.9. The van der Waals surface area contributed by atoms with Gasteiger partial charge in [0.25, 0.3) is 0 Å². The Balaban J connectivity index is 2.70. The van der Waals surface area contributed by atoms with Crippen molar-refractivity contribution >= 4 is 10.0 Å². The summed E-state index contributed by atoms with van der Waals surface area (Å²) in [5.41, 5.74) is 0. The van der Waals surface area contributed by atoms with Crippen LogP contribution in [0.4, 0.5) is 0 Å². The van der Waals surface area contributed by atoms with E-state index in [-0.39, 0.29) is 11.8 Å². The number of nitrogens with zero attached hydrogens (tertiary/aromatic N) is 1. The van der Waals surface area contributed by atoms with E-state index >= 15 is 0 Å². The fraction of sp³-hybridized carbons (Fsp3) is 1.00. The van der Waals surface area contributed by atoms with E-state index < -0.39 is 10.0 Å². The normalized spacial score (nSPS) is 24.1. The third-order valence-electron chi connectivity index (χ3n) is 2.71. The fourth-order valence-electron chi connectivity index (χ4n) is 1.93. The van der Waals surface area contributed by atoms with Crippen LogP contribution in [0.2, 0.25) is 0 Å². The molecule has 1 saturated heterocycles. The lowest BCUT2D eigenvalue weighted by atomic mass is 10.1. The molecule has 1 aliphatic rings. The van der Waals surface area contributed by atoms with E-state index in [9.17, 15) is 8.42 Å². The first-order chi connectivity index (χ1) is 6.61. The number of piperidine rings is 1. The molecule has 0 spiro atoms.